The van der Waals surface area contributed by atoms with Gasteiger partial charge in [0.05, 0.1) is 34.9 Å². The predicted molar refractivity (Wildman–Crippen MR) is 90.8 cm³/mol. The van der Waals surface area contributed by atoms with Crippen molar-refractivity contribution in [2.75, 3.05) is 20.8 Å². The molecule has 7 heteroatoms. The summed E-state index contributed by atoms with van der Waals surface area (Å²) in [4.78, 5) is 12.4. The number of carbonyl (C=O) groups excluding carboxylic acids is 1. The highest BCUT2D eigenvalue weighted by Crippen LogP contribution is 2.34. The average molecular weight is 376 g/mol. The van der Waals surface area contributed by atoms with Crippen molar-refractivity contribution < 1.29 is 19.0 Å². The van der Waals surface area contributed by atoms with Gasteiger partial charge in [0, 0.05) is 6.07 Å². The van der Waals surface area contributed by atoms with Crippen LogP contribution in [0.3, 0.4) is 0 Å². The molecule has 0 saturated carbocycles. The number of hydrogen-bond acceptors (Lipinski definition) is 4. The number of halogens is 3. The summed E-state index contributed by atoms with van der Waals surface area (Å²) < 4.78 is 15.7. The molecule has 0 bridgehead atoms. The first-order valence-corrected chi connectivity index (χ1v) is 7.62. The van der Waals surface area contributed by atoms with Gasteiger partial charge in [-0.05, 0) is 24.3 Å². The summed E-state index contributed by atoms with van der Waals surface area (Å²) in [5.74, 6) is 0.959. The van der Waals surface area contributed by atoms with Gasteiger partial charge in [-0.1, -0.05) is 34.8 Å². The van der Waals surface area contributed by atoms with Gasteiger partial charge in [-0.3, -0.25) is 4.79 Å². The molecule has 0 aliphatic rings. The third-order valence-corrected chi connectivity index (χ3v) is 4.06. The quantitative estimate of drug-likeness (QED) is 0.531. The zero-order chi connectivity index (χ0) is 17.0. The maximum absolute atomic E-state index is 12.4. The van der Waals surface area contributed by atoms with Crippen LogP contribution < -0.4 is 14.2 Å². The van der Waals surface area contributed by atoms with E-state index in [-0.39, 0.29) is 28.2 Å². The fraction of sp³-hybridized carbons (Fsp3) is 0.188. The zero-order valence-electron chi connectivity index (χ0n) is 12.4. The molecule has 0 atom stereocenters. The van der Waals surface area contributed by atoms with Crippen molar-refractivity contribution in [3.63, 3.8) is 0 Å². The van der Waals surface area contributed by atoms with Crippen LogP contribution in [0.15, 0.2) is 30.3 Å². The Labute approximate surface area is 148 Å². The number of carbonyl (C=O) groups is 1. The first-order valence-electron chi connectivity index (χ1n) is 6.48. The lowest BCUT2D eigenvalue weighted by molar-refractivity contribution is 0.0918. The molecule has 0 saturated heterocycles. The highest BCUT2D eigenvalue weighted by molar-refractivity contribution is 6.43. The van der Waals surface area contributed by atoms with Crippen LogP contribution in [0.1, 0.15) is 10.4 Å². The number of methoxy groups -OCH3 is 2. The smallest absolute Gasteiger partial charge is 0.204 e. The van der Waals surface area contributed by atoms with Crippen molar-refractivity contribution in [1.29, 1.82) is 0 Å². The molecule has 0 spiro atoms. The van der Waals surface area contributed by atoms with Crippen LogP contribution >= 0.6 is 34.8 Å². The third-order valence-electron chi connectivity index (χ3n) is 3.04. The Kier molecular flexibility index (Phi) is 5.99. The maximum atomic E-state index is 12.4. The lowest BCUT2D eigenvalue weighted by Gasteiger charge is -2.11. The molecule has 0 radical (unpaired) electrons. The monoisotopic (exact) mass is 374 g/mol. The summed E-state index contributed by atoms with van der Waals surface area (Å²) in [5.41, 5.74) is 0.350. The molecular formula is C16H13Cl3O4. The van der Waals surface area contributed by atoms with E-state index in [0.717, 1.165) is 0 Å². The molecule has 0 N–H and O–H groups in total. The van der Waals surface area contributed by atoms with E-state index in [1.165, 1.54) is 26.4 Å². The minimum absolute atomic E-state index is 0.235. The molecule has 122 valence electrons. The summed E-state index contributed by atoms with van der Waals surface area (Å²) in [7, 11) is 3.00. The second-order valence-corrected chi connectivity index (χ2v) is 5.70. The second kappa shape index (κ2) is 7.77. The summed E-state index contributed by atoms with van der Waals surface area (Å²) in [6.45, 7) is -0.235. The lowest BCUT2D eigenvalue weighted by Crippen LogP contribution is -2.13. The van der Waals surface area contributed by atoms with Gasteiger partial charge >= 0.3 is 0 Å². The van der Waals surface area contributed by atoms with Crippen LogP contribution in [0.5, 0.6) is 17.2 Å². The first-order chi connectivity index (χ1) is 11.0. The number of benzene rings is 2. The number of ketones is 1. The van der Waals surface area contributed by atoms with Crippen molar-refractivity contribution in [2.45, 2.75) is 0 Å². The molecule has 2 rings (SSSR count). The second-order valence-electron chi connectivity index (χ2n) is 4.47. The molecule has 0 unspecified atom stereocenters. The van der Waals surface area contributed by atoms with Crippen LogP contribution in [0, 0.1) is 0 Å². The number of rotatable bonds is 6. The summed E-state index contributed by atoms with van der Waals surface area (Å²) in [6.07, 6.45) is 0. The third kappa shape index (κ3) is 4.22. The summed E-state index contributed by atoms with van der Waals surface area (Å²) in [5, 5.41) is 0.868. The van der Waals surface area contributed by atoms with Gasteiger partial charge in [0.1, 0.15) is 17.2 Å². The van der Waals surface area contributed by atoms with Gasteiger partial charge in [0.15, 0.2) is 6.61 Å². The van der Waals surface area contributed by atoms with E-state index >= 15 is 0 Å². The molecule has 2 aromatic carbocycles. The molecule has 0 aromatic heterocycles. The minimum atomic E-state index is -0.289. The van der Waals surface area contributed by atoms with Gasteiger partial charge in [0.2, 0.25) is 5.78 Å². The van der Waals surface area contributed by atoms with E-state index in [4.69, 9.17) is 49.0 Å². The Morgan fingerprint density at radius 2 is 1.61 bits per heavy atom. The van der Waals surface area contributed by atoms with E-state index in [1.807, 2.05) is 0 Å². The Morgan fingerprint density at radius 1 is 0.913 bits per heavy atom. The highest BCUT2D eigenvalue weighted by atomic mass is 35.5. The van der Waals surface area contributed by atoms with E-state index in [2.05, 4.69) is 0 Å². The average Bonchev–Trinajstić information content (AvgIpc) is 2.56. The highest BCUT2D eigenvalue weighted by Gasteiger charge is 2.16. The molecule has 0 amide bonds. The van der Waals surface area contributed by atoms with Crippen LogP contribution in [0.4, 0.5) is 0 Å². The van der Waals surface area contributed by atoms with Crippen molar-refractivity contribution >= 4 is 40.6 Å². The van der Waals surface area contributed by atoms with Crippen molar-refractivity contribution in [3.05, 3.63) is 51.0 Å². The molecule has 0 heterocycles. The topological polar surface area (TPSA) is 44.8 Å². The van der Waals surface area contributed by atoms with Gasteiger partial charge < -0.3 is 14.2 Å². The maximum Gasteiger partial charge on any atom is 0.204 e. The minimum Gasteiger partial charge on any atom is -0.497 e. The molecule has 0 aliphatic carbocycles. The van der Waals surface area contributed by atoms with E-state index in [0.29, 0.717) is 22.1 Å². The van der Waals surface area contributed by atoms with Crippen LogP contribution in [0.25, 0.3) is 0 Å². The number of ether oxygens (including phenoxy) is 3. The molecule has 23 heavy (non-hydrogen) atoms. The van der Waals surface area contributed by atoms with E-state index < -0.39 is 0 Å². The standard InChI is InChI=1S/C16H13Cl3O4/c1-21-9-3-4-15(22-2)10(5-9)14(20)8-23-16-7-12(18)11(17)6-13(16)19/h3-7H,8H2,1-2H3. The van der Waals surface area contributed by atoms with E-state index in [9.17, 15) is 4.79 Å². The van der Waals surface area contributed by atoms with Gasteiger partial charge in [0.25, 0.3) is 0 Å². The van der Waals surface area contributed by atoms with Crippen molar-refractivity contribution in [3.8, 4) is 17.2 Å². The Hall–Kier alpha value is -1.62. The molecule has 0 aliphatic heterocycles. The predicted octanol–water partition coefficient (Wildman–Crippen LogP) is 4.93. The molecule has 4 nitrogen and oxygen atoms in total. The Bertz CT molecular complexity index is 732. The fourth-order valence-corrected chi connectivity index (χ4v) is 2.46. The number of Topliss-reactive ketones (excluding diaryl/α,β-unsaturated/α-hetero) is 1. The largest absolute Gasteiger partial charge is 0.497 e. The fourth-order valence-electron chi connectivity index (χ4n) is 1.87. The normalized spacial score (nSPS) is 10.3. The first kappa shape index (κ1) is 17.7. The van der Waals surface area contributed by atoms with Gasteiger partial charge in [-0.2, -0.15) is 0 Å². The number of hydrogen-bond donors (Lipinski definition) is 0. The molecule has 0 fully saturated rings. The SMILES string of the molecule is COc1ccc(OC)c(C(=O)COc2cc(Cl)c(Cl)cc2Cl)c1. The zero-order valence-corrected chi connectivity index (χ0v) is 14.6. The van der Waals surface area contributed by atoms with Gasteiger partial charge in [-0.25, -0.2) is 0 Å². The lowest BCUT2D eigenvalue weighted by atomic mass is 10.1. The van der Waals surface area contributed by atoms with Crippen molar-refractivity contribution in [1.82, 2.24) is 0 Å². The van der Waals surface area contributed by atoms with Crippen LogP contribution in [-0.4, -0.2) is 26.6 Å². The molecule has 2 aromatic rings. The molecular weight excluding hydrogens is 363 g/mol. The summed E-state index contributed by atoms with van der Waals surface area (Å²) >= 11 is 17.8. The van der Waals surface area contributed by atoms with E-state index in [1.54, 1.807) is 18.2 Å². The summed E-state index contributed by atoms with van der Waals surface area (Å²) in [6, 6.07) is 7.85. The van der Waals surface area contributed by atoms with Crippen LogP contribution in [0.2, 0.25) is 15.1 Å². The Balaban J connectivity index is 2.18. The van der Waals surface area contributed by atoms with Crippen molar-refractivity contribution in [2.24, 2.45) is 0 Å². The van der Waals surface area contributed by atoms with Crippen LogP contribution in [-0.2, 0) is 0 Å². The van der Waals surface area contributed by atoms with Gasteiger partial charge in [-0.15, -0.1) is 0 Å². The Morgan fingerprint density at radius 3 is 2.26 bits per heavy atom.